The van der Waals surface area contributed by atoms with E-state index in [2.05, 4.69) is 19.4 Å². The first-order valence-corrected chi connectivity index (χ1v) is 5.25. The van der Waals surface area contributed by atoms with Gasteiger partial charge in [-0.15, -0.1) is 0 Å². The molecule has 0 aliphatic heterocycles. The van der Waals surface area contributed by atoms with Crippen LogP contribution in [-0.4, -0.2) is 35.5 Å². The SMILES string of the molecule is FC(F)(F)COCc1ccnc(COCC(F)(F)F)n1. The highest BCUT2D eigenvalue weighted by atomic mass is 19.4. The van der Waals surface area contributed by atoms with Gasteiger partial charge in [-0.25, -0.2) is 9.97 Å². The third kappa shape index (κ3) is 7.89. The zero-order chi connectivity index (χ0) is 15.2. The van der Waals surface area contributed by atoms with Crippen molar-refractivity contribution in [2.45, 2.75) is 25.6 Å². The van der Waals surface area contributed by atoms with E-state index in [4.69, 9.17) is 0 Å². The van der Waals surface area contributed by atoms with Crippen molar-refractivity contribution >= 4 is 0 Å². The van der Waals surface area contributed by atoms with Crippen molar-refractivity contribution in [3.63, 3.8) is 0 Å². The van der Waals surface area contributed by atoms with Crippen LogP contribution in [-0.2, 0) is 22.7 Å². The Kier molecular flexibility index (Phi) is 5.69. The monoisotopic (exact) mass is 304 g/mol. The highest BCUT2D eigenvalue weighted by Gasteiger charge is 2.28. The van der Waals surface area contributed by atoms with Crippen LogP contribution in [0.15, 0.2) is 12.3 Å². The van der Waals surface area contributed by atoms with Crippen molar-refractivity contribution in [2.75, 3.05) is 13.2 Å². The maximum Gasteiger partial charge on any atom is 0.411 e. The molecule has 1 rings (SSSR count). The van der Waals surface area contributed by atoms with Gasteiger partial charge in [0.05, 0.1) is 12.3 Å². The van der Waals surface area contributed by atoms with Crippen LogP contribution in [0.25, 0.3) is 0 Å². The van der Waals surface area contributed by atoms with Gasteiger partial charge >= 0.3 is 12.4 Å². The largest absolute Gasteiger partial charge is 0.411 e. The Hall–Kier alpha value is -1.42. The average molecular weight is 304 g/mol. The van der Waals surface area contributed by atoms with Crippen LogP contribution < -0.4 is 0 Å². The Morgan fingerprint density at radius 1 is 0.900 bits per heavy atom. The second kappa shape index (κ2) is 6.84. The molecule has 0 saturated heterocycles. The van der Waals surface area contributed by atoms with Gasteiger partial charge in [0, 0.05) is 6.20 Å². The van der Waals surface area contributed by atoms with Gasteiger partial charge in [0.1, 0.15) is 19.8 Å². The molecule has 10 heteroatoms. The Labute approximate surface area is 109 Å². The number of ether oxygens (including phenoxy) is 2. The molecule has 1 aromatic rings. The van der Waals surface area contributed by atoms with Crippen molar-refractivity contribution in [3.8, 4) is 0 Å². The minimum absolute atomic E-state index is 0.0673. The molecular weight excluding hydrogens is 294 g/mol. The molecule has 114 valence electrons. The van der Waals surface area contributed by atoms with Gasteiger partial charge in [-0.3, -0.25) is 0 Å². The fourth-order valence-corrected chi connectivity index (χ4v) is 1.12. The van der Waals surface area contributed by atoms with E-state index in [1.54, 1.807) is 0 Å². The van der Waals surface area contributed by atoms with Crippen LogP contribution in [0, 0.1) is 0 Å². The van der Waals surface area contributed by atoms with Gasteiger partial charge in [-0.2, -0.15) is 26.3 Å². The lowest BCUT2D eigenvalue weighted by Gasteiger charge is -2.09. The molecule has 1 heterocycles. The van der Waals surface area contributed by atoms with E-state index in [1.807, 2.05) is 0 Å². The van der Waals surface area contributed by atoms with Gasteiger partial charge in [0.25, 0.3) is 0 Å². The first-order chi connectivity index (χ1) is 9.16. The highest BCUT2D eigenvalue weighted by Crippen LogP contribution is 2.16. The lowest BCUT2D eigenvalue weighted by atomic mass is 10.4. The Morgan fingerprint density at radius 2 is 1.45 bits per heavy atom. The molecule has 0 amide bonds. The molecule has 20 heavy (non-hydrogen) atoms. The number of nitrogens with zero attached hydrogens (tertiary/aromatic N) is 2. The maximum atomic E-state index is 11.8. The summed E-state index contributed by atoms with van der Waals surface area (Å²) in [6.07, 6.45) is -7.72. The Bertz CT molecular complexity index is 386. The highest BCUT2D eigenvalue weighted by molar-refractivity contribution is 5.00. The summed E-state index contributed by atoms with van der Waals surface area (Å²) >= 11 is 0. The third-order valence-corrected chi connectivity index (χ3v) is 1.78. The topological polar surface area (TPSA) is 44.2 Å². The molecule has 0 unspecified atom stereocenters. The molecule has 0 bridgehead atoms. The van der Waals surface area contributed by atoms with Crippen LogP contribution in [0.4, 0.5) is 26.3 Å². The second-order valence-corrected chi connectivity index (χ2v) is 3.68. The van der Waals surface area contributed by atoms with Crippen molar-refractivity contribution < 1.29 is 35.8 Å². The van der Waals surface area contributed by atoms with Gasteiger partial charge in [0.15, 0.2) is 5.82 Å². The first-order valence-electron chi connectivity index (χ1n) is 5.25. The van der Waals surface area contributed by atoms with Crippen LogP contribution >= 0.6 is 0 Å². The molecule has 0 atom stereocenters. The van der Waals surface area contributed by atoms with Gasteiger partial charge < -0.3 is 9.47 Å². The quantitative estimate of drug-likeness (QED) is 0.758. The molecule has 0 spiro atoms. The van der Waals surface area contributed by atoms with Crippen LogP contribution in [0.3, 0.4) is 0 Å². The number of hydrogen-bond donors (Lipinski definition) is 0. The minimum Gasteiger partial charge on any atom is -0.366 e. The third-order valence-electron chi connectivity index (χ3n) is 1.78. The lowest BCUT2D eigenvalue weighted by molar-refractivity contribution is -0.177. The van der Waals surface area contributed by atoms with Crippen molar-refractivity contribution in [1.82, 2.24) is 9.97 Å². The molecule has 1 aromatic heterocycles. The van der Waals surface area contributed by atoms with Crippen LogP contribution in [0.1, 0.15) is 11.5 Å². The second-order valence-electron chi connectivity index (χ2n) is 3.68. The van der Waals surface area contributed by atoms with E-state index in [9.17, 15) is 26.3 Å². The average Bonchev–Trinajstić information content (AvgIpc) is 2.26. The van der Waals surface area contributed by atoms with Gasteiger partial charge in [-0.05, 0) is 6.07 Å². The fourth-order valence-electron chi connectivity index (χ4n) is 1.12. The standard InChI is InChI=1S/C10H10F6N2O2/c11-9(12,13)5-19-3-7-1-2-17-8(18-7)4-20-6-10(14,15)16/h1-2H,3-6H2. The summed E-state index contributed by atoms with van der Waals surface area (Å²) in [4.78, 5) is 7.35. The number of alkyl halides is 6. The molecule has 0 N–H and O–H groups in total. The fraction of sp³-hybridized carbons (Fsp3) is 0.600. The van der Waals surface area contributed by atoms with Crippen molar-refractivity contribution in [3.05, 3.63) is 23.8 Å². The summed E-state index contributed by atoms with van der Waals surface area (Å²) in [5.41, 5.74) is 0.120. The number of aromatic nitrogens is 2. The van der Waals surface area contributed by atoms with E-state index in [0.29, 0.717) is 0 Å². The summed E-state index contributed by atoms with van der Waals surface area (Å²) in [7, 11) is 0. The smallest absolute Gasteiger partial charge is 0.366 e. The normalized spacial score (nSPS) is 12.7. The maximum absolute atomic E-state index is 11.8. The zero-order valence-corrected chi connectivity index (χ0v) is 9.96. The van der Waals surface area contributed by atoms with E-state index < -0.39 is 38.8 Å². The van der Waals surface area contributed by atoms with Gasteiger partial charge in [0.2, 0.25) is 0 Å². The zero-order valence-electron chi connectivity index (χ0n) is 9.96. The summed E-state index contributed by atoms with van der Waals surface area (Å²) < 4.78 is 79.7. The molecule has 0 saturated carbocycles. The van der Waals surface area contributed by atoms with Crippen LogP contribution in [0.5, 0.6) is 0 Å². The summed E-state index contributed by atoms with van der Waals surface area (Å²) in [5.74, 6) is -0.0673. The van der Waals surface area contributed by atoms with E-state index >= 15 is 0 Å². The molecule has 4 nitrogen and oxygen atoms in total. The molecule has 0 radical (unpaired) electrons. The van der Waals surface area contributed by atoms with E-state index in [0.717, 1.165) is 0 Å². The number of halogens is 6. The lowest BCUT2D eigenvalue weighted by Crippen LogP contribution is -2.18. The molecule has 0 aromatic carbocycles. The molecular formula is C10H10F6N2O2. The Balaban J connectivity index is 2.41. The number of rotatable bonds is 6. The van der Waals surface area contributed by atoms with Crippen molar-refractivity contribution in [2.24, 2.45) is 0 Å². The van der Waals surface area contributed by atoms with Crippen LogP contribution in [0.2, 0.25) is 0 Å². The summed E-state index contributed by atoms with van der Waals surface area (Å²) in [6.45, 7) is -3.80. The minimum atomic E-state index is -4.46. The van der Waals surface area contributed by atoms with Gasteiger partial charge in [-0.1, -0.05) is 0 Å². The predicted molar refractivity (Wildman–Crippen MR) is 53.5 cm³/mol. The summed E-state index contributed by atoms with van der Waals surface area (Å²) in [6, 6.07) is 1.30. The Morgan fingerprint density at radius 3 is 2.00 bits per heavy atom. The predicted octanol–water partition coefficient (Wildman–Crippen LogP) is 2.63. The molecule has 0 fully saturated rings. The molecule has 0 aliphatic rings. The number of hydrogen-bond acceptors (Lipinski definition) is 4. The molecule has 0 aliphatic carbocycles. The van der Waals surface area contributed by atoms with E-state index in [1.165, 1.54) is 12.3 Å². The first kappa shape index (κ1) is 16.6. The van der Waals surface area contributed by atoms with Crippen molar-refractivity contribution in [1.29, 1.82) is 0 Å². The van der Waals surface area contributed by atoms with E-state index in [-0.39, 0.29) is 11.5 Å². The summed E-state index contributed by atoms with van der Waals surface area (Å²) in [5, 5.41) is 0.